The van der Waals surface area contributed by atoms with E-state index >= 15 is 0 Å². The number of hydrogen-bond donors (Lipinski definition) is 2. The minimum Gasteiger partial charge on any atom is -0.326 e. The van der Waals surface area contributed by atoms with Crippen LogP contribution < -0.4 is 10.6 Å². The fourth-order valence-corrected chi connectivity index (χ4v) is 4.73. The minimum atomic E-state index is -2.92. The maximum absolute atomic E-state index is 12.1. The van der Waals surface area contributed by atoms with Gasteiger partial charge in [-0.2, -0.15) is 0 Å². The first kappa shape index (κ1) is 19.4. The summed E-state index contributed by atoms with van der Waals surface area (Å²) in [5.41, 5.74) is 1.33. The Balaban J connectivity index is 1.82. The third-order valence-corrected chi connectivity index (χ3v) is 6.00. The van der Waals surface area contributed by atoms with Gasteiger partial charge in [0.1, 0.15) is 0 Å². The maximum atomic E-state index is 12.1. The number of nitrogens with zero attached hydrogens (tertiary/aromatic N) is 1. The maximum Gasteiger partial charge on any atom is 0.225 e. The first-order valence-electron chi connectivity index (χ1n) is 8.41. The fourth-order valence-electron chi connectivity index (χ4n) is 2.97. The molecule has 1 aromatic rings. The van der Waals surface area contributed by atoms with Gasteiger partial charge >= 0.3 is 0 Å². The lowest BCUT2D eigenvalue weighted by Crippen LogP contribution is -2.38. The molecule has 1 atom stereocenters. The molecule has 0 aliphatic carbocycles. The third-order valence-electron chi connectivity index (χ3n) is 4.25. The third kappa shape index (κ3) is 6.13. The van der Waals surface area contributed by atoms with Crippen LogP contribution in [0.15, 0.2) is 24.3 Å². The largest absolute Gasteiger partial charge is 0.326 e. The van der Waals surface area contributed by atoms with Gasteiger partial charge in [0, 0.05) is 37.3 Å². The van der Waals surface area contributed by atoms with Gasteiger partial charge in [-0.1, -0.05) is 6.92 Å². The number of sulfone groups is 1. The molecular weight excluding hydrogens is 342 g/mol. The Hall–Kier alpha value is -1.93. The van der Waals surface area contributed by atoms with E-state index in [4.69, 9.17) is 0 Å². The van der Waals surface area contributed by atoms with Gasteiger partial charge in [0.15, 0.2) is 9.84 Å². The van der Waals surface area contributed by atoms with Crippen LogP contribution in [-0.2, 0) is 19.4 Å². The van der Waals surface area contributed by atoms with Crippen molar-refractivity contribution in [2.75, 3.05) is 35.2 Å². The van der Waals surface area contributed by atoms with Gasteiger partial charge in [0.25, 0.3) is 0 Å². The average Bonchev–Trinajstić information content (AvgIpc) is 2.89. The number of amides is 2. The highest BCUT2D eigenvalue weighted by atomic mass is 32.2. The van der Waals surface area contributed by atoms with Gasteiger partial charge in [0.2, 0.25) is 11.8 Å². The summed E-state index contributed by atoms with van der Waals surface area (Å²) in [5, 5.41) is 5.48. The second kappa shape index (κ2) is 8.44. The van der Waals surface area contributed by atoms with E-state index in [9.17, 15) is 18.0 Å². The first-order chi connectivity index (χ1) is 11.8. The summed E-state index contributed by atoms with van der Waals surface area (Å²) in [7, 11) is -2.92. The lowest BCUT2D eigenvalue weighted by atomic mass is 10.2. The number of anilines is 2. The van der Waals surface area contributed by atoms with Crippen LogP contribution in [0.4, 0.5) is 11.4 Å². The minimum absolute atomic E-state index is 0.0136. The Kier molecular flexibility index (Phi) is 6.55. The van der Waals surface area contributed by atoms with Crippen LogP contribution >= 0.6 is 0 Å². The van der Waals surface area contributed by atoms with Gasteiger partial charge in [-0.3, -0.25) is 14.5 Å². The molecule has 2 N–H and O–H groups in total. The zero-order valence-electron chi connectivity index (χ0n) is 14.6. The van der Waals surface area contributed by atoms with Crippen LogP contribution in [0.2, 0.25) is 0 Å². The van der Waals surface area contributed by atoms with Crippen molar-refractivity contribution in [3.63, 3.8) is 0 Å². The molecule has 2 rings (SSSR count). The Morgan fingerprint density at radius 3 is 2.24 bits per heavy atom. The average molecular weight is 367 g/mol. The van der Waals surface area contributed by atoms with Gasteiger partial charge in [0.05, 0.1) is 11.5 Å². The predicted molar refractivity (Wildman–Crippen MR) is 98.3 cm³/mol. The summed E-state index contributed by atoms with van der Waals surface area (Å²) in [6.07, 6.45) is 0.945. The number of carbonyl (C=O) groups excluding carboxylic acids is 2. The number of carbonyl (C=O) groups is 2. The smallest absolute Gasteiger partial charge is 0.225 e. The van der Waals surface area contributed by atoms with E-state index in [1.54, 1.807) is 24.3 Å². The van der Waals surface area contributed by atoms with Crippen LogP contribution in [0.3, 0.4) is 0 Å². The van der Waals surface area contributed by atoms with Crippen LogP contribution in [-0.4, -0.2) is 55.8 Å². The van der Waals surface area contributed by atoms with Crippen LogP contribution in [0.5, 0.6) is 0 Å². The van der Waals surface area contributed by atoms with Gasteiger partial charge in [-0.25, -0.2) is 8.42 Å². The molecule has 1 aliphatic rings. The molecule has 0 bridgehead atoms. The molecule has 0 saturated carbocycles. The summed E-state index contributed by atoms with van der Waals surface area (Å²) in [6, 6.07) is 6.91. The quantitative estimate of drug-likeness (QED) is 0.761. The van der Waals surface area contributed by atoms with Gasteiger partial charge in [-0.15, -0.1) is 0 Å². The van der Waals surface area contributed by atoms with E-state index in [2.05, 4.69) is 15.5 Å². The zero-order chi connectivity index (χ0) is 18.4. The lowest BCUT2D eigenvalue weighted by Gasteiger charge is -2.26. The van der Waals surface area contributed by atoms with E-state index in [-0.39, 0.29) is 29.4 Å². The van der Waals surface area contributed by atoms with Crippen molar-refractivity contribution in [1.82, 2.24) is 4.90 Å². The Morgan fingerprint density at radius 2 is 1.76 bits per heavy atom. The van der Waals surface area contributed by atoms with Crippen LogP contribution in [0, 0.1) is 0 Å². The zero-order valence-corrected chi connectivity index (χ0v) is 15.4. The topological polar surface area (TPSA) is 95.6 Å². The lowest BCUT2D eigenvalue weighted by molar-refractivity contribution is -0.116. The molecule has 138 valence electrons. The number of hydrogen-bond acceptors (Lipinski definition) is 5. The highest BCUT2D eigenvalue weighted by molar-refractivity contribution is 7.91. The molecule has 25 heavy (non-hydrogen) atoms. The summed E-state index contributed by atoms with van der Waals surface area (Å²) in [6.45, 7) is 4.67. The molecule has 1 saturated heterocycles. The van der Waals surface area contributed by atoms with E-state index in [1.165, 1.54) is 6.92 Å². The monoisotopic (exact) mass is 367 g/mol. The molecule has 8 heteroatoms. The molecule has 1 aliphatic heterocycles. The van der Waals surface area contributed by atoms with E-state index in [1.807, 2.05) is 6.92 Å². The highest BCUT2D eigenvalue weighted by Crippen LogP contribution is 2.18. The van der Waals surface area contributed by atoms with E-state index in [0.717, 1.165) is 6.54 Å². The molecule has 1 heterocycles. The molecule has 1 fully saturated rings. The molecule has 0 spiro atoms. The van der Waals surface area contributed by atoms with Crippen molar-refractivity contribution in [3.8, 4) is 0 Å². The van der Waals surface area contributed by atoms with Crippen molar-refractivity contribution in [3.05, 3.63) is 24.3 Å². The van der Waals surface area contributed by atoms with Crippen LogP contribution in [0.25, 0.3) is 0 Å². The SMILES string of the molecule is CCN(CCC(=O)Nc1ccc(NC(C)=O)cc1)C1CCS(=O)(=O)C1. The van der Waals surface area contributed by atoms with Gasteiger partial charge < -0.3 is 10.6 Å². The van der Waals surface area contributed by atoms with Crippen molar-refractivity contribution >= 4 is 33.0 Å². The second-order valence-corrected chi connectivity index (χ2v) is 8.47. The Bertz CT molecular complexity index is 716. The molecular formula is C17H25N3O4S. The summed E-state index contributed by atoms with van der Waals surface area (Å²) < 4.78 is 23.2. The van der Waals surface area contributed by atoms with Crippen LogP contribution in [0.1, 0.15) is 26.7 Å². The number of rotatable bonds is 7. The molecule has 1 unspecified atom stereocenters. The van der Waals surface area contributed by atoms with Gasteiger partial charge in [-0.05, 0) is 37.2 Å². The number of benzene rings is 1. The molecule has 1 aromatic carbocycles. The Morgan fingerprint density at radius 1 is 1.16 bits per heavy atom. The molecule has 0 aromatic heterocycles. The molecule has 0 radical (unpaired) electrons. The standard InChI is InChI=1S/C17H25N3O4S/c1-3-20(16-9-11-25(23,24)12-16)10-8-17(22)19-15-6-4-14(5-7-15)18-13(2)21/h4-7,16H,3,8-12H2,1-2H3,(H,18,21)(H,19,22). The van der Waals surface area contributed by atoms with Crippen molar-refractivity contribution in [1.29, 1.82) is 0 Å². The highest BCUT2D eigenvalue weighted by Gasteiger charge is 2.31. The van der Waals surface area contributed by atoms with E-state index < -0.39 is 9.84 Å². The van der Waals surface area contributed by atoms with Crippen molar-refractivity contribution < 1.29 is 18.0 Å². The predicted octanol–water partition coefficient (Wildman–Crippen LogP) is 1.48. The van der Waals surface area contributed by atoms with E-state index in [0.29, 0.717) is 30.8 Å². The second-order valence-electron chi connectivity index (χ2n) is 6.24. The summed E-state index contributed by atoms with van der Waals surface area (Å²) >= 11 is 0. The van der Waals surface area contributed by atoms with Crippen molar-refractivity contribution in [2.45, 2.75) is 32.7 Å². The summed E-state index contributed by atoms with van der Waals surface area (Å²) in [5.74, 6) is 0.158. The van der Waals surface area contributed by atoms with Crippen molar-refractivity contribution in [2.24, 2.45) is 0 Å². The Labute approximate surface area is 148 Å². The first-order valence-corrected chi connectivity index (χ1v) is 10.2. The normalized spacial score (nSPS) is 18.9. The fraction of sp³-hybridized carbons (Fsp3) is 0.529. The number of nitrogens with one attached hydrogen (secondary N) is 2. The summed E-state index contributed by atoms with van der Waals surface area (Å²) in [4.78, 5) is 25.2. The molecule has 7 nitrogen and oxygen atoms in total. The molecule has 2 amide bonds.